The van der Waals surface area contributed by atoms with Crippen LogP contribution in [0.15, 0.2) is 71.6 Å². The van der Waals surface area contributed by atoms with Gasteiger partial charge in [-0.3, -0.25) is 4.79 Å². The highest BCUT2D eigenvalue weighted by atomic mass is 32.2. The van der Waals surface area contributed by atoms with Crippen LogP contribution in [0.1, 0.15) is 22.5 Å². The summed E-state index contributed by atoms with van der Waals surface area (Å²) in [7, 11) is -2.79. The van der Waals surface area contributed by atoms with Gasteiger partial charge < -0.3 is 11.1 Å². The number of hydrogen-bond acceptors (Lipinski definition) is 5. The van der Waals surface area contributed by atoms with E-state index in [1.54, 1.807) is 42.5 Å². The van der Waals surface area contributed by atoms with Crippen LogP contribution in [0.2, 0.25) is 0 Å². The number of nitrogen functional groups attached to an aromatic ring is 1. The van der Waals surface area contributed by atoms with Gasteiger partial charge in [0.15, 0.2) is 0 Å². The first kappa shape index (κ1) is 20.7. The molecule has 1 atom stereocenters. The van der Waals surface area contributed by atoms with E-state index in [9.17, 15) is 13.4 Å². The molecule has 0 radical (unpaired) electrons. The first-order valence-corrected chi connectivity index (χ1v) is 12.5. The molecule has 0 bridgehead atoms. The number of thiophene rings is 1. The zero-order chi connectivity index (χ0) is 22.5. The van der Waals surface area contributed by atoms with Crippen molar-refractivity contribution in [2.75, 3.05) is 11.1 Å². The topological polar surface area (TPSA) is 96.0 Å². The van der Waals surface area contributed by atoms with Gasteiger partial charge >= 0.3 is 0 Å². The van der Waals surface area contributed by atoms with Crippen molar-refractivity contribution in [1.82, 2.24) is 0 Å². The summed E-state index contributed by atoms with van der Waals surface area (Å²) in [5, 5.41) is 3.60. The first-order chi connectivity index (χ1) is 15.3. The molecule has 0 saturated heterocycles. The molecule has 1 heterocycles. The van der Waals surface area contributed by atoms with Crippen molar-refractivity contribution >= 4 is 48.4 Å². The zero-order valence-electron chi connectivity index (χ0n) is 16.9. The number of halogens is 1. The fraction of sp³-hybridized carbons (Fsp3) is 0.125. The highest BCUT2D eigenvalue weighted by Gasteiger charge is 2.33. The standard InChI is InChI=1S/C24H20FN3O2S2/c25-17-4-1-14(2-5-17)15-3-9-20(26)21(12-15)28-24(29)23-13-16-11-19(8-10-22(16)31-23)32(27,30)18-6-7-18/h1-5,8-13,18,27H,6-7,26H2,(H,28,29). The summed E-state index contributed by atoms with van der Waals surface area (Å²) < 4.78 is 35.1. The molecular formula is C24H20FN3O2S2. The van der Waals surface area contributed by atoms with Crippen LogP contribution in [0, 0.1) is 10.6 Å². The number of carbonyl (C=O) groups excluding carboxylic acids is 1. The number of fused-ring (bicyclic) bond motifs is 1. The third kappa shape index (κ3) is 3.87. The van der Waals surface area contributed by atoms with Crippen LogP contribution in [0.4, 0.5) is 15.8 Å². The molecule has 32 heavy (non-hydrogen) atoms. The van der Waals surface area contributed by atoms with Gasteiger partial charge in [0.2, 0.25) is 0 Å². The Balaban J connectivity index is 1.42. The van der Waals surface area contributed by atoms with E-state index in [-0.39, 0.29) is 17.0 Å². The Hall–Kier alpha value is -3.23. The fourth-order valence-electron chi connectivity index (χ4n) is 3.58. The van der Waals surface area contributed by atoms with E-state index in [4.69, 9.17) is 10.5 Å². The summed E-state index contributed by atoms with van der Waals surface area (Å²) in [6.45, 7) is 0. The molecule has 1 amide bonds. The number of nitrogens with two attached hydrogens (primary N) is 1. The number of carbonyl (C=O) groups is 1. The number of anilines is 2. The van der Waals surface area contributed by atoms with Crippen LogP contribution in [0.25, 0.3) is 21.2 Å². The maximum absolute atomic E-state index is 13.2. The summed E-state index contributed by atoms with van der Waals surface area (Å²) in [5.41, 5.74) is 8.58. The van der Waals surface area contributed by atoms with Crippen molar-refractivity contribution in [2.24, 2.45) is 0 Å². The number of nitrogens with one attached hydrogen (secondary N) is 2. The van der Waals surface area contributed by atoms with Gasteiger partial charge in [0.25, 0.3) is 5.91 Å². The minimum absolute atomic E-state index is 0.0577. The van der Waals surface area contributed by atoms with Gasteiger partial charge in [-0.1, -0.05) is 18.2 Å². The first-order valence-electron chi connectivity index (χ1n) is 10.1. The van der Waals surface area contributed by atoms with Crippen LogP contribution >= 0.6 is 11.3 Å². The monoisotopic (exact) mass is 465 g/mol. The number of hydrogen-bond donors (Lipinski definition) is 3. The molecule has 5 rings (SSSR count). The van der Waals surface area contributed by atoms with E-state index in [2.05, 4.69) is 5.32 Å². The van der Waals surface area contributed by atoms with E-state index >= 15 is 0 Å². The van der Waals surface area contributed by atoms with Crippen LogP contribution in [-0.2, 0) is 9.73 Å². The lowest BCUT2D eigenvalue weighted by molar-refractivity contribution is 0.103. The Morgan fingerprint density at radius 1 is 1.03 bits per heavy atom. The van der Waals surface area contributed by atoms with Crippen molar-refractivity contribution < 1.29 is 13.4 Å². The molecule has 4 N–H and O–H groups in total. The van der Waals surface area contributed by atoms with Crippen LogP contribution in [0.5, 0.6) is 0 Å². The van der Waals surface area contributed by atoms with E-state index in [1.807, 2.05) is 12.1 Å². The molecule has 3 aromatic carbocycles. The molecule has 1 fully saturated rings. The molecular weight excluding hydrogens is 445 g/mol. The lowest BCUT2D eigenvalue weighted by Crippen LogP contribution is -2.11. The predicted octanol–water partition coefficient (Wildman–Crippen LogP) is 6.11. The maximum Gasteiger partial charge on any atom is 0.265 e. The molecule has 5 nitrogen and oxygen atoms in total. The lowest BCUT2D eigenvalue weighted by atomic mass is 10.0. The molecule has 162 valence electrons. The summed E-state index contributed by atoms with van der Waals surface area (Å²) in [4.78, 5) is 13.9. The van der Waals surface area contributed by atoms with Gasteiger partial charge in [-0.2, -0.15) is 0 Å². The average Bonchev–Trinajstić information content (AvgIpc) is 3.55. The van der Waals surface area contributed by atoms with Crippen molar-refractivity contribution in [3.05, 3.63) is 77.4 Å². The zero-order valence-corrected chi connectivity index (χ0v) is 18.6. The Morgan fingerprint density at radius 3 is 2.47 bits per heavy atom. The Morgan fingerprint density at radius 2 is 1.75 bits per heavy atom. The minimum Gasteiger partial charge on any atom is -0.397 e. The van der Waals surface area contributed by atoms with E-state index in [0.29, 0.717) is 21.1 Å². The van der Waals surface area contributed by atoms with Gasteiger partial charge in [0.05, 0.1) is 26.0 Å². The molecule has 4 aromatic rings. The largest absolute Gasteiger partial charge is 0.397 e. The predicted molar refractivity (Wildman–Crippen MR) is 128 cm³/mol. The second-order valence-corrected chi connectivity index (χ2v) is 11.3. The molecule has 1 aliphatic carbocycles. The quantitative estimate of drug-likeness (QED) is 0.310. The number of amides is 1. The molecule has 1 aromatic heterocycles. The highest BCUT2D eigenvalue weighted by molar-refractivity contribution is 7.93. The fourth-order valence-corrected chi connectivity index (χ4v) is 6.28. The molecule has 8 heteroatoms. The van der Waals surface area contributed by atoms with Crippen molar-refractivity contribution in [1.29, 1.82) is 4.78 Å². The lowest BCUT2D eigenvalue weighted by Gasteiger charge is -2.10. The van der Waals surface area contributed by atoms with Crippen LogP contribution < -0.4 is 11.1 Å². The van der Waals surface area contributed by atoms with E-state index < -0.39 is 9.73 Å². The summed E-state index contributed by atoms with van der Waals surface area (Å²) in [6, 6.07) is 18.5. The minimum atomic E-state index is -2.79. The molecule has 0 spiro atoms. The Labute approximate surface area is 189 Å². The second-order valence-electron chi connectivity index (χ2n) is 7.87. The van der Waals surface area contributed by atoms with Crippen molar-refractivity contribution in [3.63, 3.8) is 0 Å². The smallest absolute Gasteiger partial charge is 0.265 e. The SMILES string of the molecule is N=S(=O)(c1ccc2sc(C(=O)Nc3cc(-c4ccc(F)cc4)ccc3N)cc2c1)C1CC1. The van der Waals surface area contributed by atoms with E-state index in [1.165, 1.54) is 23.5 Å². The van der Waals surface area contributed by atoms with Gasteiger partial charge in [0.1, 0.15) is 5.82 Å². The average molecular weight is 466 g/mol. The summed E-state index contributed by atoms with van der Waals surface area (Å²) >= 11 is 1.33. The molecule has 1 saturated carbocycles. The molecule has 0 aliphatic heterocycles. The van der Waals surface area contributed by atoms with Crippen molar-refractivity contribution in [3.8, 4) is 11.1 Å². The highest BCUT2D eigenvalue weighted by Crippen LogP contribution is 2.36. The Bertz CT molecular complexity index is 1460. The molecule has 1 unspecified atom stereocenters. The summed E-state index contributed by atoms with van der Waals surface area (Å²) in [5.74, 6) is -0.617. The van der Waals surface area contributed by atoms with Gasteiger partial charge in [-0.15, -0.1) is 11.3 Å². The molecule has 1 aliphatic rings. The van der Waals surface area contributed by atoms with Gasteiger partial charge in [0, 0.05) is 14.8 Å². The normalized spacial score (nSPS) is 15.4. The third-order valence-electron chi connectivity index (χ3n) is 5.53. The number of benzene rings is 3. The maximum atomic E-state index is 13.2. The van der Waals surface area contributed by atoms with Gasteiger partial charge in [-0.25, -0.2) is 13.4 Å². The van der Waals surface area contributed by atoms with Gasteiger partial charge in [-0.05, 0) is 77.9 Å². The van der Waals surface area contributed by atoms with E-state index in [0.717, 1.165) is 34.1 Å². The van der Waals surface area contributed by atoms with Crippen LogP contribution in [0.3, 0.4) is 0 Å². The van der Waals surface area contributed by atoms with Crippen LogP contribution in [-0.4, -0.2) is 15.4 Å². The third-order valence-corrected chi connectivity index (χ3v) is 9.01. The number of rotatable bonds is 5. The summed E-state index contributed by atoms with van der Waals surface area (Å²) in [6.07, 6.45) is 1.66. The second kappa shape index (κ2) is 7.72. The Kier molecular flexibility index (Phi) is 4.98. The van der Waals surface area contributed by atoms with Crippen molar-refractivity contribution in [2.45, 2.75) is 23.0 Å².